The molecule has 180 valence electrons. The summed E-state index contributed by atoms with van der Waals surface area (Å²) in [5.41, 5.74) is 3.95. The summed E-state index contributed by atoms with van der Waals surface area (Å²) >= 11 is 0. The Morgan fingerprint density at radius 1 is 1.34 bits per heavy atom. The van der Waals surface area contributed by atoms with Crippen LogP contribution in [-0.4, -0.2) is 38.9 Å². The number of carbonyl (C=O) groups excluding carboxylic acids is 1. The van der Waals surface area contributed by atoms with E-state index in [0.717, 1.165) is 42.4 Å². The van der Waals surface area contributed by atoms with E-state index in [1.54, 1.807) is 18.2 Å². The molecule has 1 saturated carbocycles. The van der Waals surface area contributed by atoms with Crippen LogP contribution in [0.5, 0.6) is 0 Å². The van der Waals surface area contributed by atoms with Crippen molar-refractivity contribution in [1.29, 1.82) is 5.26 Å². The normalized spacial score (nSPS) is 20.2. The first-order valence-corrected chi connectivity index (χ1v) is 12.3. The Labute approximate surface area is 205 Å². The monoisotopic (exact) mass is 469 g/mol. The molecule has 1 fully saturated rings. The van der Waals surface area contributed by atoms with Gasteiger partial charge in [0.1, 0.15) is 11.3 Å². The molecule has 2 aromatic carbocycles. The molecule has 5 rings (SSSR count). The first kappa shape index (κ1) is 23.1. The molecule has 0 spiro atoms. The molecule has 1 amide bonds. The number of para-hydroxylation sites is 1. The minimum atomic E-state index is -0.0996. The summed E-state index contributed by atoms with van der Waals surface area (Å²) in [6.07, 6.45) is 3.93. The van der Waals surface area contributed by atoms with E-state index in [4.69, 9.17) is 9.68 Å². The second-order valence-electron chi connectivity index (χ2n) is 9.83. The van der Waals surface area contributed by atoms with Crippen LogP contribution >= 0.6 is 0 Å². The highest BCUT2D eigenvalue weighted by Crippen LogP contribution is 2.33. The average Bonchev–Trinajstić information content (AvgIpc) is 3.44. The van der Waals surface area contributed by atoms with Gasteiger partial charge in [-0.05, 0) is 76.3 Å². The number of nitrogens with one attached hydrogen (secondary N) is 2. The Morgan fingerprint density at radius 3 is 2.94 bits per heavy atom. The Kier molecular flexibility index (Phi) is 6.08. The van der Waals surface area contributed by atoms with Crippen LogP contribution in [0.25, 0.3) is 22.0 Å². The maximum absolute atomic E-state index is 13.5. The highest BCUT2D eigenvalue weighted by molar-refractivity contribution is 5.94. The molecule has 2 heterocycles. The van der Waals surface area contributed by atoms with Crippen molar-refractivity contribution in [2.75, 3.05) is 6.54 Å². The largest absolute Gasteiger partial charge is 0.459 e. The van der Waals surface area contributed by atoms with Gasteiger partial charge in [0.25, 0.3) is 5.91 Å². The van der Waals surface area contributed by atoms with Crippen molar-refractivity contribution in [1.82, 2.24) is 20.2 Å². The molecule has 2 aromatic heterocycles. The maximum Gasteiger partial charge on any atom is 0.289 e. The number of benzene rings is 2. The minimum Gasteiger partial charge on any atom is -0.459 e. The average molecular weight is 470 g/mol. The standard InChI is InChI=1S/C28H31N5O2/c1-4-33(27(34)26-31-22-12-11-19(16-29)14-23(22)32-26)20-8-7-13-28(3,15-20)30-17-25-18(2)21-9-5-6-10-24(21)35-25/h5-6,9-12,14,20,30H,4,7-8,13,15,17H2,1-3H3,(H,31,32)/t20-,28?/m0/s1. The Balaban J connectivity index is 1.31. The van der Waals surface area contributed by atoms with Crippen molar-refractivity contribution in [2.45, 2.75) is 64.6 Å². The molecule has 0 bridgehead atoms. The molecule has 7 nitrogen and oxygen atoms in total. The van der Waals surface area contributed by atoms with Gasteiger partial charge in [-0.1, -0.05) is 18.2 Å². The summed E-state index contributed by atoms with van der Waals surface area (Å²) in [5.74, 6) is 1.21. The number of nitriles is 1. The maximum atomic E-state index is 13.5. The van der Waals surface area contributed by atoms with Crippen LogP contribution in [0.15, 0.2) is 46.9 Å². The van der Waals surface area contributed by atoms with E-state index >= 15 is 0 Å². The fourth-order valence-corrected chi connectivity index (χ4v) is 5.45. The molecule has 2 N–H and O–H groups in total. The summed E-state index contributed by atoms with van der Waals surface area (Å²) in [6, 6.07) is 15.6. The number of hydrogen-bond donors (Lipinski definition) is 2. The lowest BCUT2D eigenvalue weighted by Gasteiger charge is -2.43. The SMILES string of the molecule is CCN(C(=O)c1nc2ccc(C#N)cc2[nH]1)[C@H]1CCCC(C)(NCc2oc3ccccc3c2C)C1. The number of aromatic nitrogens is 2. The predicted octanol–water partition coefficient (Wildman–Crippen LogP) is 5.44. The first-order valence-electron chi connectivity index (χ1n) is 12.3. The quantitative estimate of drug-likeness (QED) is 0.392. The third-order valence-electron chi connectivity index (χ3n) is 7.43. The third kappa shape index (κ3) is 4.42. The predicted molar refractivity (Wildman–Crippen MR) is 136 cm³/mol. The lowest BCUT2D eigenvalue weighted by molar-refractivity contribution is 0.0563. The first-order chi connectivity index (χ1) is 16.9. The molecule has 2 atom stereocenters. The van der Waals surface area contributed by atoms with Gasteiger partial charge in [-0.2, -0.15) is 5.26 Å². The van der Waals surface area contributed by atoms with Gasteiger partial charge in [0.05, 0.1) is 29.2 Å². The van der Waals surface area contributed by atoms with Crippen LogP contribution in [-0.2, 0) is 6.54 Å². The van der Waals surface area contributed by atoms with E-state index in [1.165, 1.54) is 5.56 Å². The molecule has 35 heavy (non-hydrogen) atoms. The number of nitrogens with zero attached hydrogens (tertiary/aromatic N) is 3. The van der Waals surface area contributed by atoms with Crippen LogP contribution in [0.4, 0.5) is 0 Å². The second kappa shape index (κ2) is 9.20. The second-order valence-corrected chi connectivity index (χ2v) is 9.83. The Bertz CT molecular complexity index is 1430. The van der Waals surface area contributed by atoms with Gasteiger partial charge in [0.2, 0.25) is 0 Å². The van der Waals surface area contributed by atoms with Gasteiger partial charge in [0.15, 0.2) is 5.82 Å². The van der Waals surface area contributed by atoms with Crippen molar-refractivity contribution in [3.8, 4) is 6.07 Å². The number of amides is 1. The zero-order valence-corrected chi connectivity index (χ0v) is 20.5. The molecular weight excluding hydrogens is 438 g/mol. The van der Waals surface area contributed by atoms with Gasteiger partial charge in [-0.25, -0.2) is 4.98 Å². The van der Waals surface area contributed by atoms with Crippen molar-refractivity contribution < 1.29 is 9.21 Å². The molecule has 1 aliphatic carbocycles. The lowest BCUT2D eigenvalue weighted by atomic mass is 9.79. The van der Waals surface area contributed by atoms with E-state index < -0.39 is 0 Å². The summed E-state index contributed by atoms with van der Waals surface area (Å²) in [6.45, 7) is 7.65. The summed E-state index contributed by atoms with van der Waals surface area (Å²) in [7, 11) is 0. The number of furan rings is 1. The van der Waals surface area contributed by atoms with Crippen molar-refractivity contribution >= 4 is 27.9 Å². The van der Waals surface area contributed by atoms with Crippen molar-refractivity contribution in [2.24, 2.45) is 0 Å². The van der Waals surface area contributed by atoms with Gasteiger partial charge >= 0.3 is 0 Å². The van der Waals surface area contributed by atoms with Gasteiger partial charge in [-0.3, -0.25) is 4.79 Å². The summed E-state index contributed by atoms with van der Waals surface area (Å²) < 4.78 is 6.11. The number of aromatic amines is 1. The highest BCUT2D eigenvalue weighted by atomic mass is 16.3. The molecule has 0 aliphatic heterocycles. The molecule has 1 unspecified atom stereocenters. The molecule has 0 saturated heterocycles. The Hall–Kier alpha value is -3.63. The number of hydrogen-bond acceptors (Lipinski definition) is 5. The fourth-order valence-electron chi connectivity index (χ4n) is 5.45. The molecular formula is C28H31N5O2. The number of fused-ring (bicyclic) bond motifs is 2. The van der Waals surface area contributed by atoms with Gasteiger partial charge in [0, 0.05) is 23.5 Å². The molecule has 4 aromatic rings. The number of imidazole rings is 1. The third-order valence-corrected chi connectivity index (χ3v) is 7.43. The number of carbonyl (C=O) groups is 1. The van der Waals surface area contributed by atoms with Crippen molar-refractivity contribution in [3.63, 3.8) is 0 Å². The minimum absolute atomic E-state index is 0.0930. The molecule has 1 aliphatic rings. The lowest BCUT2D eigenvalue weighted by Crippen LogP contribution is -2.52. The summed E-state index contributed by atoms with van der Waals surface area (Å²) in [4.78, 5) is 23.0. The van der Waals surface area contributed by atoms with E-state index in [2.05, 4.69) is 41.3 Å². The van der Waals surface area contributed by atoms with Crippen LogP contribution in [0.2, 0.25) is 0 Å². The summed E-state index contributed by atoms with van der Waals surface area (Å²) in [5, 5.41) is 14.1. The van der Waals surface area contributed by atoms with E-state index in [1.807, 2.05) is 30.0 Å². The topological polar surface area (TPSA) is 98.0 Å². The fraction of sp³-hybridized carbons (Fsp3) is 0.393. The van der Waals surface area contributed by atoms with E-state index in [-0.39, 0.29) is 17.5 Å². The van der Waals surface area contributed by atoms with Crippen LogP contribution in [0.1, 0.15) is 67.0 Å². The number of rotatable bonds is 6. The highest BCUT2D eigenvalue weighted by Gasteiger charge is 2.37. The number of H-pyrrole nitrogens is 1. The smallest absolute Gasteiger partial charge is 0.289 e. The zero-order valence-electron chi connectivity index (χ0n) is 20.5. The van der Waals surface area contributed by atoms with Crippen molar-refractivity contribution in [3.05, 3.63) is 65.2 Å². The van der Waals surface area contributed by atoms with Crippen LogP contribution in [0, 0.1) is 18.3 Å². The van der Waals surface area contributed by atoms with Crippen LogP contribution in [0.3, 0.4) is 0 Å². The van der Waals surface area contributed by atoms with Crippen LogP contribution < -0.4 is 5.32 Å². The molecule has 7 heteroatoms. The van der Waals surface area contributed by atoms with Gasteiger partial charge in [-0.15, -0.1) is 0 Å². The van der Waals surface area contributed by atoms with E-state index in [9.17, 15) is 4.79 Å². The Morgan fingerprint density at radius 2 is 2.17 bits per heavy atom. The van der Waals surface area contributed by atoms with E-state index in [0.29, 0.717) is 35.5 Å². The molecule has 0 radical (unpaired) electrons. The zero-order chi connectivity index (χ0) is 24.6. The van der Waals surface area contributed by atoms with Gasteiger partial charge < -0.3 is 19.6 Å². The number of aryl methyl sites for hydroxylation is 1.